The molecule has 29 heavy (non-hydrogen) atoms. The summed E-state index contributed by atoms with van der Waals surface area (Å²) in [7, 11) is 0. The van der Waals surface area contributed by atoms with E-state index >= 15 is 0 Å². The summed E-state index contributed by atoms with van der Waals surface area (Å²) >= 11 is 17.9. The Hall–Kier alpha value is -2.79. The molecule has 7 heteroatoms. The molecular formula is C22H11Cl3O4. The van der Waals surface area contributed by atoms with E-state index in [-0.39, 0.29) is 17.3 Å². The predicted molar refractivity (Wildman–Crippen MR) is 112 cm³/mol. The van der Waals surface area contributed by atoms with Gasteiger partial charge >= 0.3 is 5.97 Å². The van der Waals surface area contributed by atoms with Crippen molar-refractivity contribution in [2.24, 2.45) is 0 Å². The number of esters is 1. The summed E-state index contributed by atoms with van der Waals surface area (Å²) in [5.41, 5.74) is 1.32. The molecule has 0 saturated heterocycles. The number of allylic oxidation sites excluding steroid dienone is 1. The standard InChI is InChI=1S/C22H11Cl3O4/c23-14-4-1-12(2-5-14)22(27)28-16-7-8-17-19(11-16)29-20(21(17)26)9-13-3-6-15(24)10-18(13)25/h1-11H/b20-9-. The van der Waals surface area contributed by atoms with Crippen LogP contribution in [-0.2, 0) is 0 Å². The maximum atomic E-state index is 12.6. The summed E-state index contributed by atoms with van der Waals surface area (Å²) in [5, 5.41) is 1.41. The lowest BCUT2D eigenvalue weighted by Crippen LogP contribution is -2.08. The number of hydrogen-bond acceptors (Lipinski definition) is 4. The van der Waals surface area contributed by atoms with E-state index in [2.05, 4.69) is 0 Å². The van der Waals surface area contributed by atoms with E-state index < -0.39 is 5.97 Å². The van der Waals surface area contributed by atoms with Crippen molar-refractivity contribution in [3.05, 3.63) is 98.2 Å². The van der Waals surface area contributed by atoms with E-state index in [9.17, 15) is 9.59 Å². The van der Waals surface area contributed by atoms with Gasteiger partial charge in [0.2, 0.25) is 5.78 Å². The Labute approximate surface area is 181 Å². The molecule has 0 saturated carbocycles. The van der Waals surface area contributed by atoms with Crippen LogP contribution in [0, 0.1) is 0 Å². The van der Waals surface area contributed by atoms with Gasteiger partial charge in [0.1, 0.15) is 11.5 Å². The zero-order chi connectivity index (χ0) is 20.5. The number of ether oxygens (including phenoxy) is 2. The molecule has 0 spiro atoms. The van der Waals surface area contributed by atoms with Crippen LogP contribution in [0.5, 0.6) is 11.5 Å². The Morgan fingerprint density at radius 1 is 0.897 bits per heavy atom. The second-order valence-electron chi connectivity index (χ2n) is 6.16. The van der Waals surface area contributed by atoms with E-state index in [1.807, 2.05) is 0 Å². The van der Waals surface area contributed by atoms with Crippen molar-refractivity contribution in [1.29, 1.82) is 0 Å². The van der Waals surface area contributed by atoms with Gasteiger partial charge in [-0.1, -0.05) is 40.9 Å². The Morgan fingerprint density at radius 2 is 1.62 bits per heavy atom. The van der Waals surface area contributed by atoms with Gasteiger partial charge in [-0.05, 0) is 60.2 Å². The molecule has 0 fully saturated rings. The zero-order valence-electron chi connectivity index (χ0n) is 14.6. The number of benzene rings is 3. The fourth-order valence-corrected chi connectivity index (χ4v) is 3.33. The van der Waals surface area contributed by atoms with Gasteiger partial charge in [0.05, 0.1) is 11.1 Å². The normalized spacial score (nSPS) is 13.9. The molecule has 3 aromatic carbocycles. The van der Waals surface area contributed by atoms with Crippen molar-refractivity contribution in [2.45, 2.75) is 0 Å². The van der Waals surface area contributed by atoms with Gasteiger partial charge in [-0.15, -0.1) is 0 Å². The number of hydrogen-bond donors (Lipinski definition) is 0. The van der Waals surface area contributed by atoms with Crippen LogP contribution in [-0.4, -0.2) is 11.8 Å². The monoisotopic (exact) mass is 444 g/mol. The third-order valence-corrected chi connectivity index (χ3v) is 5.00. The Kier molecular flexibility index (Phi) is 5.33. The van der Waals surface area contributed by atoms with Gasteiger partial charge in [-0.3, -0.25) is 4.79 Å². The lowest BCUT2D eigenvalue weighted by Gasteiger charge is -2.06. The number of rotatable bonds is 3. The average molecular weight is 446 g/mol. The van der Waals surface area contributed by atoms with Crippen molar-refractivity contribution in [3.8, 4) is 11.5 Å². The Balaban J connectivity index is 1.56. The fraction of sp³-hybridized carbons (Fsp3) is 0. The highest BCUT2D eigenvalue weighted by Crippen LogP contribution is 2.36. The van der Waals surface area contributed by atoms with E-state index in [4.69, 9.17) is 44.3 Å². The lowest BCUT2D eigenvalue weighted by molar-refractivity contribution is 0.0734. The van der Waals surface area contributed by atoms with Crippen LogP contribution in [0.3, 0.4) is 0 Å². The molecule has 1 aliphatic rings. The van der Waals surface area contributed by atoms with Crippen molar-refractivity contribution in [2.75, 3.05) is 0 Å². The van der Waals surface area contributed by atoms with Gasteiger partial charge < -0.3 is 9.47 Å². The molecule has 4 rings (SSSR count). The highest BCUT2D eigenvalue weighted by atomic mass is 35.5. The topological polar surface area (TPSA) is 52.6 Å². The predicted octanol–water partition coefficient (Wildman–Crippen LogP) is 6.48. The number of carbonyl (C=O) groups is 2. The molecule has 3 aromatic rings. The average Bonchev–Trinajstić information content (AvgIpc) is 2.99. The molecule has 0 amide bonds. The molecule has 0 N–H and O–H groups in total. The number of ketones is 1. The molecule has 0 radical (unpaired) electrons. The quantitative estimate of drug-likeness (QED) is 0.263. The minimum atomic E-state index is -0.547. The first-order chi connectivity index (χ1) is 13.9. The molecule has 0 aliphatic carbocycles. The highest BCUT2D eigenvalue weighted by molar-refractivity contribution is 6.35. The first kappa shape index (κ1) is 19.5. The molecule has 1 heterocycles. The summed E-state index contributed by atoms with van der Waals surface area (Å²) in [6.07, 6.45) is 1.54. The number of Topliss-reactive ketones (excluding diaryl/α,β-unsaturated/α-hetero) is 1. The summed E-state index contributed by atoms with van der Waals surface area (Å²) in [6, 6.07) is 15.8. The van der Waals surface area contributed by atoms with Crippen LogP contribution >= 0.6 is 34.8 Å². The van der Waals surface area contributed by atoms with Crippen LogP contribution in [0.1, 0.15) is 26.3 Å². The molecule has 1 aliphatic heterocycles. The third kappa shape index (κ3) is 4.15. The van der Waals surface area contributed by atoms with Gasteiger partial charge in [0.25, 0.3) is 0 Å². The largest absolute Gasteiger partial charge is 0.452 e. The fourth-order valence-electron chi connectivity index (χ4n) is 2.74. The summed E-state index contributed by atoms with van der Waals surface area (Å²) in [4.78, 5) is 24.8. The first-order valence-electron chi connectivity index (χ1n) is 8.42. The smallest absolute Gasteiger partial charge is 0.343 e. The van der Waals surface area contributed by atoms with Crippen molar-refractivity contribution < 1.29 is 19.1 Å². The molecular weight excluding hydrogens is 435 g/mol. The maximum absolute atomic E-state index is 12.6. The van der Waals surface area contributed by atoms with E-state index in [1.165, 1.54) is 12.1 Å². The second kappa shape index (κ2) is 7.91. The second-order valence-corrected chi connectivity index (χ2v) is 7.44. The van der Waals surface area contributed by atoms with Crippen LogP contribution in [0.25, 0.3) is 6.08 Å². The highest BCUT2D eigenvalue weighted by Gasteiger charge is 2.28. The minimum Gasteiger partial charge on any atom is -0.452 e. The summed E-state index contributed by atoms with van der Waals surface area (Å²) in [6.45, 7) is 0. The molecule has 0 atom stereocenters. The van der Waals surface area contributed by atoms with E-state index in [0.29, 0.717) is 37.5 Å². The number of carbonyl (C=O) groups excluding carboxylic acids is 2. The van der Waals surface area contributed by atoms with E-state index in [0.717, 1.165) is 0 Å². The summed E-state index contributed by atoms with van der Waals surface area (Å²) < 4.78 is 11.0. The number of fused-ring (bicyclic) bond motifs is 1. The van der Waals surface area contributed by atoms with Crippen LogP contribution in [0.15, 0.2) is 66.4 Å². The van der Waals surface area contributed by atoms with Crippen LogP contribution < -0.4 is 9.47 Å². The van der Waals surface area contributed by atoms with Gasteiger partial charge in [-0.2, -0.15) is 0 Å². The lowest BCUT2D eigenvalue weighted by atomic mass is 10.1. The summed E-state index contributed by atoms with van der Waals surface area (Å²) in [5.74, 6) is -0.170. The Morgan fingerprint density at radius 3 is 2.34 bits per heavy atom. The van der Waals surface area contributed by atoms with Crippen molar-refractivity contribution in [1.82, 2.24) is 0 Å². The zero-order valence-corrected chi connectivity index (χ0v) is 16.9. The number of halogens is 3. The molecule has 144 valence electrons. The third-order valence-electron chi connectivity index (χ3n) is 4.18. The maximum Gasteiger partial charge on any atom is 0.343 e. The first-order valence-corrected chi connectivity index (χ1v) is 9.55. The molecule has 0 unspecified atom stereocenters. The molecule has 4 nitrogen and oxygen atoms in total. The Bertz CT molecular complexity index is 1170. The molecule has 0 bridgehead atoms. The van der Waals surface area contributed by atoms with Crippen LogP contribution in [0.4, 0.5) is 0 Å². The van der Waals surface area contributed by atoms with Crippen LogP contribution in [0.2, 0.25) is 15.1 Å². The van der Waals surface area contributed by atoms with Crippen molar-refractivity contribution in [3.63, 3.8) is 0 Å². The van der Waals surface area contributed by atoms with Gasteiger partial charge in [0.15, 0.2) is 5.76 Å². The SMILES string of the molecule is O=C(Oc1ccc2c(c1)O/C(=C\c1ccc(Cl)cc1Cl)C2=O)c1ccc(Cl)cc1. The minimum absolute atomic E-state index is 0.116. The van der Waals surface area contributed by atoms with Gasteiger partial charge in [0, 0.05) is 21.1 Å². The molecule has 0 aromatic heterocycles. The van der Waals surface area contributed by atoms with Crippen molar-refractivity contribution >= 4 is 52.6 Å². The van der Waals surface area contributed by atoms with Gasteiger partial charge in [-0.25, -0.2) is 4.79 Å². The van der Waals surface area contributed by atoms with E-state index in [1.54, 1.807) is 54.6 Å².